The lowest BCUT2D eigenvalue weighted by molar-refractivity contribution is -0.131. The third kappa shape index (κ3) is 3.34. The van der Waals surface area contributed by atoms with Crippen LogP contribution in [0.2, 0.25) is 0 Å². The van der Waals surface area contributed by atoms with E-state index in [2.05, 4.69) is 10.2 Å². The number of carbonyl (C=O) groups is 2. The number of benzene rings is 1. The van der Waals surface area contributed by atoms with Gasteiger partial charge in [0.05, 0.1) is 28.9 Å². The number of halogens is 1. The molecule has 1 aromatic carbocycles. The summed E-state index contributed by atoms with van der Waals surface area (Å²) in [4.78, 5) is 39.9. The second kappa shape index (κ2) is 7.76. The molecule has 5 rings (SSSR count). The van der Waals surface area contributed by atoms with Crippen LogP contribution in [-0.4, -0.2) is 65.6 Å². The van der Waals surface area contributed by atoms with Gasteiger partial charge in [-0.25, -0.2) is 9.18 Å². The van der Waals surface area contributed by atoms with Crippen molar-refractivity contribution >= 4 is 28.5 Å². The lowest BCUT2D eigenvalue weighted by Crippen LogP contribution is -2.56. The number of alkyl halides is 1. The van der Waals surface area contributed by atoms with Gasteiger partial charge in [0.25, 0.3) is 0 Å². The molecule has 2 amide bonds. The molecular weight excluding hydrogens is 405 g/mol. The molecule has 31 heavy (non-hydrogen) atoms. The minimum atomic E-state index is -0.999. The van der Waals surface area contributed by atoms with Crippen molar-refractivity contribution in [1.82, 2.24) is 14.6 Å². The van der Waals surface area contributed by atoms with Gasteiger partial charge in [-0.15, -0.1) is 0 Å². The number of para-hydroxylation sites is 1. The molecule has 3 aliphatic heterocycles. The number of anilines is 1. The molecule has 1 N–H and O–H groups in total. The Morgan fingerprint density at radius 3 is 2.58 bits per heavy atom. The highest BCUT2D eigenvalue weighted by atomic mass is 19.1. The predicted molar refractivity (Wildman–Crippen MR) is 113 cm³/mol. The Morgan fingerprint density at radius 1 is 1.13 bits per heavy atom. The van der Waals surface area contributed by atoms with Crippen LogP contribution in [0.1, 0.15) is 25.7 Å². The Morgan fingerprint density at radius 2 is 1.87 bits per heavy atom. The van der Waals surface area contributed by atoms with Crippen LogP contribution in [0, 0.1) is 0 Å². The number of piperidine rings is 2. The minimum Gasteiger partial charge on any atom is -0.368 e. The number of fused-ring (bicyclic) bond motifs is 1. The SMILES string of the molecule is Cn1c(=O)n(N2C(=O)CCCC2=O)c2cccc(N3CC(O[C@H]4CCNC[C@@H]4F)C3)c21. The van der Waals surface area contributed by atoms with Crippen LogP contribution < -0.4 is 20.9 Å². The molecule has 0 bridgehead atoms. The number of rotatable bonds is 4. The second-order valence-corrected chi connectivity index (χ2v) is 8.46. The van der Waals surface area contributed by atoms with Crippen molar-refractivity contribution in [3.05, 3.63) is 28.7 Å². The zero-order chi connectivity index (χ0) is 21.7. The van der Waals surface area contributed by atoms with E-state index in [0.717, 1.165) is 17.2 Å². The molecule has 10 heteroatoms. The van der Waals surface area contributed by atoms with E-state index in [1.54, 1.807) is 13.1 Å². The first kappa shape index (κ1) is 20.2. The fourth-order valence-electron chi connectivity index (χ4n) is 4.71. The highest BCUT2D eigenvalue weighted by Crippen LogP contribution is 2.31. The summed E-state index contributed by atoms with van der Waals surface area (Å²) < 4.78 is 22.7. The first-order chi connectivity index (χ1) is 15.0. The van der Waals surface area contributed by atoms with Crippen molar-refractivity contribution in [2.45, 2.75) is 44.1 Å². The fourth-order valence-corrected chi connectivity index (χ4v) is 4.71. The van der Waals surface area contributed by atoms with Gasteiger partial charge >= 0.3 is 5.69 Å². The van der Waals surface area contributed by atoms with Gasteiger partial charge in [0.1, 0.15) is 6.17 Å². The molecule has 0 radical (unpaired) electrons. The number of hydrogen-bond acceptors (Lipinski definition) is 6. The summed E-state index contributed by atoms with van der Waals surface area (Å²) in [5.74, 6) is -0.729. The van der Waals surface area contributed by atoms with E-state index in [1.165, 1.54) is 9.24 Å². The number of amides is 2. The number of aryl methyl sites for hydroxylation is 1. The molecule has 0 aliphatic carbocycles. The van der Waals surface area contributed by atoms with Gasteiger partial charge in [-0.3, -0.25) is 14.2 Å². The third-order valence-corrected chi connectivity index (χ3v) is 6.38. The fraction of sp³-hybridized carbons (Fsp3) is 0.571. The highest BCUT2D eigenvalue weighted by molar-refractivity contribution is 6.11. The smallest absolute Gasteiger partial charge is 0.348 e. The number of carbonyl (C=O) groups excluding carboxylic acids is 2. The molecule has 4 heterocycles. The van der Waals surface area contributed by atoms with Crippen molar-refractivity contribution in [2.75, 3.05) is 36.1 Å². The lowest BCUT2D eigenvalue weighted by atomic mass is 10.1. The summed E-state index contributed by atoms with van der Waals surface area (Å²) in [5, 5.41) is 4.01. The molecule has 0 saturated carbocycles. The zero-order valence-corrected chi connectivity index (χ0v) is 17.4. The van der Waals surface area contributed by atoms with Gasteiger partial charge in [-0.05, 0) is 31.5 Å². The van der Waals surface area contributed by atoms with Crippen molar-refractivity contribution in [1.29, 1.82) is 0 Å². The molecule has 1 aromatic heterocycles. The van der Waals surface area contributed by atoms with Gasteiger partial charge < -0.3 is 15.0 Å². The second-order valence-electron chi connectivity index (χ2n) is 8.46. The molecule has 9 nitrogen and oxygen atoms in total. The Labute approximate surface area is 178 Å². The molecule has 3 fully saturated rings. The number of hydrogen-bond donors (Lipinski definition) is 1. The molecule has 2 aromatic rings. The summed E-state index contributed by atoms with van der Waals surface area (Å²) in [7, 11) is 1.64. The molecule has 3 saturated heterocycles. The average molecular weight is 431 g/mol. The van der Waals surface area contributed by atoms with E-state index in [0.29, 0.717) is 43.5 Å². The molecule has 3 aliphatic rings. The van der Waals surface area contributed by atoms with Crippen LogP contribution in [0.25, 0.3) is 11.0 Å². The monoisotopic (exact) mass is 431 g/mol. The van der Waals surface area contributed by atoms with E-state index in [9.17, 15) is 18.8 Å². The summed E-state index contributed by atoms with van der Waals surface area (Å²) in [5.41, 5.74) is 1.56. The topological polar surface area (TPSA) is 88.8 Å². The van der Waals surface area contributed by atoms with Crippen LogP contribution in [-0.2, 0) is 21.4 Å². The van der Waals surface area contributed by atoms with E-state index >= 15 is 0 Å². The number of nitrogens with one attached hydrogen (secondary N) is 1. The largest absolute Gasteiger partial charge is 0.368 e. The van der Waals surface area contributed by atoms with Gasteiger partial charge in [0, 0.05) is 39.5 Å². The number of nitrogens with zero attached hydrogens (tertiary/aromatic N) is 4. The van der Waals surface area contributed by atoms with Crippen LogP contribution in [0.3, 0.4) is 0 Å². The summed E-state index contributed by atoms with van der Waals surface area (Å²) >= 11 is 0. The average Bonchev–Trinajstić information content (AvgIpc) is 2.97. The van der Waals surface area contributed by atoms with Crippen LogP contribution in [0.5, 0.6) is 0 Å². The van der Waals surface area contributed by atoms with E-state index < -0.39 is 11.9 Å². The molecule has 2 atom stereocenters. The third-order valence-electron chi connectivity index (χ3n) is 6.38. The molecular formula is C21H26FN5O4. The molecule has 166 valence electrons. The van der Waals surface area contributed by atoms with Crippen LogP contribution in [0.15, 0.2) is 23.0 Å². The van der Waals surface area contributed by atoms with Gasteiger partial charge in [-0.1, -0.05) is 6.07 Å². The van der Waals surface area contributed by atoms with Gasteiger partial charge in [-0.2, -0.15) is 9.69 Å². The highest BCUT2D eigenvalue weighted by Gasteiger charge is 2.36. The minimum absolute atomic E-state index is 0.0685. The van der Waals surface area contributed by atoms with E-state index in [4.69, 9.17) is 4.74 Å². The van der Waals surface area contributed by atoms with Gasteiger partial charge in [0.2, 0.25) is 11.8 Å². The van der Waals surface area contributed by atoms with E-state index in [1.807, 2.05) is 12.1 Å². The standard InChI is InChI=1S/C21H26FN5O4/c1-24-20-15(25-11-13(12-25)31-17-8-9-23-10-14(17)22)4-2-5-16(20)26(21(24)30)27-18(28)6-3-7-19(27)29/h2,4-5,13-14,17,23H,3,6-12H2,1H3/t14-,17-/m0/s1. The zero-order valence-electron chi connectivity index (χ0n) is 17.4. The quantitative estimate of drug-likeness (QED) is 0.706. The normalized spacial score (nSPS) is 25.4. The summed E-state index contributed by atoms with van der Waals surface area (Å²) in [6.07, 6.45) is 0.192. The van der Waals surface area contributed by atoms with Crippen LogP contribution >= 0.6 is 0 Å². The molecule has 0 spiro atoms. The summed E-state index contributed by atoms with van der Waals surface area (Å²) in [6, 6.07) is 5.46. The first-order valence-corrected chi connectivity index (χ1v) is 10.8. The van der Waals surface area contributed by atoms with Gasteiger partial charge in [0.15, 0.2) is 0 Å². The Hall–Kier alpha value is -2.72. The number of ether oxygens (including phenoxy) is 1. The number of imidazole rings is 1. The van der Waals surface area contributed by atoms with Crippen molar-refractivity contribution in [3.8, 4) is 0 Å². The first-order valence-electron chi connectivity index (χ1n) is 10.8. The van der Waals surface area contributed by atoms with E-state index in [-0.39, 0.29) is 36.9 Å². The van der Waals surface area contributed by atoms with Crippen molar-refractivity contribution < 1.29 is 18.7 Å². The Kier molecular flexibility index (Phi) is 5.05. The molecule has 0 unspecified atom stereocenters. The summed E-state index contributed by atoms with van der Waals surface area (Å²) in [6.45, 7) is 2.27. The van der Waals surface area contributed by atoms with Crippen molar-refractivity contribution in [3.63, 3.8) is 0 Å². The lowest BCUT2D eigenvalue weighted by Gasteiger charge is -2.43. The maximum absolute atomic E-state index is 14.0. The Bertz CT molecular complexity index is 1070. The maximum Gasteiger partial charge on any atom is 0.348 e. The maximum atomic E-state index is 14.0. The predicted octanol–water partition coefficient (Wildman–Crippen LogP) is 0.420. The Balaban J connectivity index is 1.42. The van der Waals surface area contributed by atoms with Crippen molar-refractivity contribution in [2.24, 2.45) is 7.05 Å². The number of imide groups is 1. The number of aromatic nitrogens is 2. The van der Waals surface area contributed by atoms with Crippen LogP contribution in [0.4, 0.5) is 10.1 Å².